The van der Waals surface area contributed by atoms with Crippen LogP contribution < -0.4 is 0 Å². The summed E-state index contributed by atoms with van der Waals surface area (Å²) in [4.78, 5) is 16.4. The van der Waals surface area contributed by atoms with E-state index in [0.29, 0.717) is 32.6 Å². The molecule has 0 spiro atoms. The SMILES string of the molecule is CC(C)(C)OC(=O)N1CCN(CCCS(=O)(=O)c2ccc(F)cc2)C(C)(C)C1. The number of carbonyl (C=O) groups excluding carboxylic acids is 1. The van der Waals surface area contributed by atoms with Gasteiger partial charge in [-0.1, -0.05) is 0 Å². The molecule has 6 nitrogen and oxygen atoms in total. The molecule has 1 heterocycles. The molecule has 1 aliphatic rings. The fourth-order valence-electron chi connectivity index (χ4n) is 3.29. The third-order valence-electron chi connectivity index (χ3n) is 4.74. The maximum Gasteiger partial charge on any atom is 0.410 e. The summed E-state index contributed by atoms with van der Waals surface area (Å²) in [7, 11) is -3.44. The molecule has 0 N–H and O–H groups in total. The van der Waals surface area contributed by atoms with Gasteiger partial charge < -0.3 is 9.64 Å². The number of carbonyl (C=O) groups is 1. The highest BCUT2D eigenvalue weighted by molar-refractivity contribution is 7.91. The van der Waals surface area contributed by atoms with Gasteiger partial charge in [-0.2, -0.15) is 0 Å². The van der Waals surface area contributed by atoms with Crippen LogP contribution in [0.5, 0.6) is 0 Å². The third kappa shape index (κ3) is 6.17. The van der Waals surface area contributed by atoms with Crippen LogP contribution in [0.1, 0.15) is 41.0 Å². The fourth-order valence-corrected chi connectivity index (χ4v) is 4.59. The van der Waals surface area contributed by atoms with Gasteiger partial charge in [0.25, 0.3) is 0 Å². The summed E-state index contributed by atoms with van der Waals surface area (Å²) < 4.78 is 43.3. The lowest BCUT2D eigenvalue weighted by molar-refractivity contribution is -0.0149. The van der Waals surface area contributed by atoms with Crippen molar-refractivity contribution in [2.75, 3.05) is 31.9 Å². The standard InChI is InChI=1S/C20H31FN2O4S/c1-19(2,3)27-18(24)22-12-13-23(20(4,5)15-22)11-6-14-28(25,26)17-9-7-16(21)8-10-17/h7-10H,6,11-15H2,1-5H3. The van der Waals surface area contributed by atoms with Crippen molar-refractivity contribution in [1.82, 2.24) is 9.80 Å². The minimum atomic E-state index is -3.44. The van der Waals surface area contributed by atoms with Crippen molar-refractivity contribution in [3.8, 4) is 0 Å². The van der Waals surface area contributed by atoms with Crippen LogP contribution in [0.2, 0.25) is 0 Å². The molecule has 0 atom stereocenters. The van der Waals surface area contributed by atoms with Gasteiger partial charge in [0.15, 0.2) is 9.84 Å². The van der Waals surface area contributed by atoms with Gasteiger partial charge in [0, 0.05) is 25.2 Å². The zero-order valence-corrected chi connectivity index (χ0v) is 18.2. The van der Waals surface area contributed by atoms with E-state index in [-0.39, 0.29) is 22.3 Å². The Morgan fingerprint density at radius 1 is 1.18 bits per heavy atom. The van der Waals surface area contributed by atoms with E-state index in [9.17, 15) is 17.6 Å². The molecule has 1 aliphatic heterocycles. The summed E-state index contributed by atoms with van der Waals surface area (Å²) >= 11 is 0. The van der Waals surface area contributed by atoms with Gasteiger partial charge in [-0.25, -0.2) is 17.6 Å². The van der Waals surface area contributed by atoms with Gasteiger partial charge in [-0.15, -0.1) is 0 Å². The minimum absolute atomic E-state index is 0.000985. The van der Waals surface area contributed by atoms with Crippen molar-refractivity contribution in [3.05, 3.63) is 30.1 Å². The summed E-state index contributed by atoms with van der Waals surface area (Å²) in [6.07, 6.45) is 0.148. The summed E-state index contributed by atoms with van der Waals surface area (Å²) in [6, 6.07) is 4.92. The van der Waals surface area contributed by atoms with Crippen LogP contribution in [0.4, 0.5) is 9.18 Å². The number of hydrogen-bond donors (Lipinski definition) is 0. The van der Waals surface area contributed by atoms with E-state index in [0.717, 1.165) is 12.1 Å². The number of rotatable bonds is 5. The number of nitrogens with zero attached hydrogens (tertiary/aromatic N) is 2. The van der Waals surface area contributed by atoms with E-state index in [1.54, 1.807) is 4.90 Å². The maximum absolute atomic E-state index is 13.0. The average Bonchev–Trinajstić information content (AvgIpc) is 2.54. The number of halogens is 1. The molecule has 0 saturated carbocycles. The topological polar surface area (TPSA) is 66.9 Å². The molecule has 28 heavy (non-hydrogen) atoms. The van der Waals surface area contributed by atoms with Gasteiger partial charge >= 0.3 is 6.09 Å². The summed E-state index contributed by atoms with van der Waals surface area (Å²) in [6.45, 7) is 11.9. The number of piperazine rings is 1. The van der Waals surface area contributed by atoms with E-state index in [4.69, 9.17) is 4.74 Å². The Hall–Kier alpha value is -1.67. The van der Waals surface area contributed by atoms with Crippen LogP contribution in [0.3, 0.4) is 0 Å². The zero-order valence-electron chi connectivity index (χ0n) is 17.4. The molecule has 0 bridgehead atoms. The average molecular weight is 415 g/mol. The monoisotopic (exact) mass is 414 g/mol. The van der Waals surface area contributed by atoms with Gasteiger partial charge in [0.05, 0.1) is 10.6 Å². The quantitative estimate of drug-likeness (QED) is 0.692. The van der Waals surface area contributed by atoms with E-state index in [2.05, 4.69) is 4.90 Å². The van der Waals surface area contributed by atoms with E-state index in [1.165, 1.54) is 12.1 Å². The molecule has 0 aromatic heterocycles. The number of sulfone groups is 1. The predicted octanol–water partition coefficient (Wildman–Crippen LogP) is 3.32. The molecule has 0 radical (unpaired) electrons. The predicted molar refractivity (Wildman–Crippen MR) is 107 cm³/mol. The lowest BCUT2D eigenvalue weighted by atomic mass is 9.99. The van der Waals surface area contributed by atoms with Crippen molar-refractivity contribution in [2.45, 2.75) is 57.1 Å². The van der Waals surface area contributed by atoms with E-state index < -0.39 is 21.3 Å². The fraction of sp³-hybridized carbons (Fsp3) is 0.650. The summed E-state index contributed by atoms with van der Waals surface area (Å²) in [5.41, 5.74) is -0.818. The first kappa shape index (κ1) is 22.6. The number of amides is 1. The number of hydrogen-bond acceptors (Lipinski definition) is 5. The lowest BCUT2D eigenvalue weighted by Crippen LogP contribution is -2.61. The Morgan fingerprint density at radius 2 is 1.79 bits per heavy atom. The first-order valence-electron chi connectivity index (χ1n) is 9.51. The van der Waals surface area contributed by atoms with Gasteiger partial charge in [0.2, 0.25) is 0 Å². The molecule has 0 aliphatic carbocycles. The molecule has 158 valence electrons. The molecule has 2 rings (SSSR count). The van der Waals surface area contributed by atoms with Crippen molar-refractivity contribution in [1.29, 1.82) is 0 Å². The molecule has 1 saturated heterocycles. The van der Waals surface area contributed by atoms with Crippen LogP contribution in [0.25, 0.3) is 0 Å². The molecule has 8 heteroatoms. The first-order chi connectivity index (χ1) is 12.8. The Kier molecular flexibility index (Phi) is 6.76. The van der Waals surface area contributed by atoms with Gasteiger partial charge in [0.1, 0.15) is 11.4 Å². The molecule has 1 amide bonds. The number of ether oxygens (including phenoxy) is 1. The van der Waals surface area contributed by atoms with E-state index >= 15 is 0 Å². The van der Waals surface area contributed by atoms with Crippen LogP contribution in [-0.2, 0) is 14.6 Å². The molecule has 0 unspecified atom stereocenters. The van der Waals surface area contributed by atoms with Crippen molar-refractivity contribution >= 4 is 15.9 Å². The Labute approximate surface area is 167 Å². The molecule has 1 aromatic carbocycles. The molecule has 1 fully saturated rings. The maximum atomic E-state index is 13.0. The zero-order chi connectivity index (χ0) is 21.2. The molecular formula is C20H31FN2O4S. The highest BCUT2D eigenvalue weighted by Crippen LogP contribution is 2.23. The minimum Gasteiger partial charge on any atom is -0.444 e. The van der Waals surface area contributed by atoms with E-state index in [1.807, 2.05) is 34.6 Å². The summed E-state index contributed by atoms with van der Waals surface area (Å²) in [5.74, 6) is -0.454. The smallest absolute Gasteiger partial charge is 0.410 e. The highest BCUT2D eigenvalue weighted by atomic mass is 32.2. The van der Waals surface area contributed by atoms with Crippen LogP contribution in [0.15, 0.2) is 29.2 Å². The second-order valence-electron chi connectivity index (χ2n) is 8.83. The molecule has 1 aromatic rings. The van der Waals surface area contributed by atoms with Gasteiger partial charge in [-0.05, 0) is 71.8 Å². The molecular weight excluding hydrogens is 383 g/mol. The van der Waals surface area contributed by atoms with Gasteiger partial charge in [-0.3, -0.25) is 4.90 Å². The first-order valence-corrected chi connectivity index (χ1v) is 11.2. The van der Waals surface area contributed by atoms with Crippen molar-refractivity contribution < 1.29 is 22.3 Å². The van der Waals surface area contributed by atoms with Crippen LogP contribution >= 0.6 is 0 Å². The Bertz CT molecular complexity index is 785. The lowest BCUT2D eigenvalue weighted by Gasteiger charge is -2.47. The Morgan fingerprint density at radius 3 is 2.32 bits per heavy atom. The summed E-state index contributed by atoms with van der Waals surface area (Å²) in [5, 5.41) is 0. The van der Waals surface area contributed by atoms with Crippen LogP contribution in [-0.4, -0.2) is 67.4 Å². The normalized spacial score (nSPS) is 18.1. The number of benzene rings is 1. The second kappa shape index (κ2) is 8.37. The van der Waals surface area contributed by atoms with Crippen molar-refractivity contribution in [2.24, 2.45) is 0 Å². The Balaban J connectivity index is 1.90. The largest absolute Gasteiger partial charge is 0.444 e. The van der Waals surface area contributed by atoms with Crippen LogP contribution in [0, 0.1) is 5.82 Å². The third-order valence-corrected chi connectivity index (χ3v) is 6.56. The van der Waals surface area contributed by atoms with Crippen molar-refractivity contribution in [3.63, 3.8) is 0 Å². The highest BCUT2D eigenvalue weighted by Gasteiger charge is 2.36. The second-order valence-corrected chi connectivity index (χ2v) is 10.9.